The molecule has 0 N–H and O–H groups in total. The number of para-hydroxylation sites is 1. The molecular formula is C23H25NO5Se. The number of carbonyl (C=O) groups is 2. The molecule has 0 aromatic heterocycles. The van der Waals surface area contributed by atoms with Gasteiger partial charge in [0.25, 0.3) is 0 Å². The number of esters is 1. The van der Waals surface area contributed by atoms with E-state index in [9.17, 15) is 9.59 Å². The Morgan fingerprint density at radius 1 is 1.10 bits per heavy atom. The zero-order chi connectivity index (χ0) is 21.5. The van der Waals surface area contributed by atoms with Gasteiger partial charge >= 0.3 is 183 Å². The molecule has 0 aliphatic carbocycles. The molecule has 1 saturated heterocycles. The predicted octanol–water partition coefficient (Wildman–Crippen LogP) is 2.95. The van der Waals surface area contributed by atoms with Gasteiger partial charge in [-0.3, -0.25) is 0 Å². The SMILES string of the molecule is COC(=O)[C@H]1C[C@]2([Se]c3ccccc3)c3ccccc3N(C(=O)OC(C)(C)C)[C@@H]2O1. The van der Waals surface area contributed by atoms with Crippen molar-refractivity contribution >= 4 is 37.2 Å². The van der Waals surface area contributed by atoms with Crippen molar-refractivity contribution in [2.75, 3.05) is 12.0 Å². The summed E-state index contributed by atoms with van der Waals surface area (Å²) >= 11 is -0.103. The number of carbonyl (C=O) groups excluding carboxylic acids is 2. The van der Waals surface area contributed by atoms with Gasteiger partial charge in [-0.2, -0.15) is 0 Å². The van der Waals surface area contributed by atoms with E-state index in [1.165, 1.54) is 11.6 Å². The quantitative estimate of drug-likeness (QED) is 0.506. The van der Waals surface area contributed by atoms with Crippen LogP contribution in [0.4, 0.5) is 10.5 Å². The predicted molar refractivity (Wildman–Crippen MR) is 114 cm³/mol. The fourth-order valence-corrected chi connectivity index (χ4v) is 7.12. The van der Waals surface area contributed by atoms with E-state index in [0.29, 0.717) is 6.42 Å². The third-order valence-electron chi connectivity index (χ3n) is 5.13. The number of amides is 1. The second-order valence-corrected chi connectivity index (χ2v) is 11.3. The summed E-state index contributed by atoms with van der Waals surface area (Å²) in [4.78, 5) is 27.2. The maximum atomic E-state index is 13.2. The van der Waals surface area contributed by atoms with Gasteiger partial charge in [0.2, 0.25) is 0 Å². The van der Waals surface area contributed by atoms with E-state index in [-0.39, 0.29) is 15.0 Å². The summed E-state index contributed by atoms with van der Waals surface area (Å²) in [7, 11) is 1.36. The summed E-state index contributed by atoms with van der Waals surface area (Å²) in [5.41, 5.74) is 1.14. The van der Waals surface area contributed by atoms with Crippen LogP contribution < -0.4 is 9.36 Å². The zero-order valence-electron chi connectivity index (χ0n) is 17.5. The Morgan fingerprint density at radius 3 is 2.43 bits per heavy atom. The van der Waals surface area contributed by atoms with E-state index in [1.54, 1.807) is 4.90 Å². The standard InChI is InChI=1S/C23H25NO5Se/c1-22(2,3)29-21(26)24-17-13-9-8-12-16(17)23(30-15-10-6-5-7-11-15)14-18(19(25)27-4)28-20(23)24/h5-13,18,20H,14H2,1-4H3/t18-,20-,23+/m1/s1. The van der Waals surface area contributed by atoms with Gasteiger partial charge < -0.3 is 0 Å². The molecule has 0 unspecified atom stereocenters. The van der Waals surface area contributed by atoms with E-state index >= 15 is 0 Å². The summed E-state index contributed by atoms with van der Waals surface area (Å²) in [6.45, 7) is 5.50. The molecule has 2 aromatic carbocycles. The minimum atomic E-state index is -0.733. The molecule has 1 fully saturated rings. The van der Waals surface area contributed by atoms with E-state index in [4.69, 9.17) is 14.2 Å². The van der Waals surface area contributed by atoms with E-state index < -0.39 is 34.3 Å². The molecule has 2 aliphatic rings. The normalized spacial score (nSPS) is 24.9. The first kappa shape index (κ1) is 20.9. The molecule has 0 spiro atoms. The topological polar surface area (TPSA) is 65.1 Å². The summed E-state index contributed by atoms with van der Waals surface area (Å²) in [5.74, 6) is -0.422. The molecule has 158 valence electrons. The summed E-state index contributed by atoms with van der Waals surface area (Å²) in [6.07, 6.45) is -1.38. The molecule has 30 heavy (non-hydrogen) atoms. The van der Waals surface area contributed by atoms with E-state index in [2.05, 4.69) is 12.1 Å². The molecule has 2 heterocycles. The number of nitrogens with zero attached hydrogens (tertiary/aromatic N) is 1. The summed E-state index contributed by atoms with van der Waals surface area (Å²) < 4.78 is 17.5. The Labute approximate surface area is 182 Å². The minimum absolute atomic E-state index is 0.103. The Hall–Kier alpha value is -2.34. The average molecular weight is 474 g/mol. The fraction of sp³-hybridized carbons (Fsp3) is 0.391. The fourth-order valence-electron chi connectivity index (χ4n) is 3.99. The maximum absolute atomic E-state index is 13.2. The molecule has 0 bridgehead atoms. The van der Waals surface area contributed by atoms with Crippen LogP contribution in [0.25, 0.3) is 0 Å². The third kappa shape index (κ3) is 3.62. The first-order valence-electron chi connectivity index (χ1n) is 9.84. The van der Waals surface area contributed by atoms with E-state index in [1.807, 2.05) is 63.2 Å². The second-order valence-electron chi connectivity index (χ2n) is 8.38. The Balaban J connectivity index is 1.82. The van der Waals surface area contributed by atoms with Crippen LogP contribution in [0.3, 0.4) is 0 Å². The number of fused-ring (bicyclic) bond motifs is 3. The van der Waals surface area contributed by atoms with Crippen molar-refractivity contribution in [3.63, 3.8) is 0 Å². The second kappa shape index (κ2) is 7.73. The molecule has 3 atom stereocenters. The van der Waals surface area contributed by atoms with Crippen molar-refractivity contribution < 1.29 is 23.8 Å². The molecule has 1 amide bonds. The van der Waals surface area contributed by atoms with Crippen molar-refractivity contribution in [2.45, 2.75) is 49.4 Å². The number of anilines is 1. The molecule has 2 aliphatic heterocycles. The van der Waals surface area contributed by atoms with Gasteiger partial charge in [0.15, 0.2) is 0 Å². The van der Waals surface area contributed by atoms with Gasteiger partial charge in [-0.15, -0.1) is 0 Å². The number of hydrogen-bond donors (Lipinski definition) is 0. The van der Waals surface area contributed by atoms with Crippen molar-refractivity contribution in [3.05, 3.63) is 60.2 Å². The molecule has 2 aromatic rings. The molecule has 4 rings (SSSR count). The van der Waals surface area contributed by atoms with Gasteiger partial charge in [0.1, 0.15) is 0 Å². The average Bonchev–Trinajstić information content (AvgIpc) is 3.18. The van der Waals surface area contributed by atoms with Crippen molar-refractivity contribution in [2.24, 2.45) is 0 Å². The van der Waals surface area contributed by atoms with Crippen LogP contribution in [0.15, 0.2) is 54.6 Å². The first-order chi connectivity index (χ1) is 14.2. The molecule has 6 nitrogen and oxygen atoms in total. The van der Waals surface area contributed by atoms with Gasteiger partial charge in [0, 0.05) is 0 Å². The van der Waals surface area contributed by atoms with Crippen molar-refractivity contribution in [3.8, 4) is 0 Å². The Kier molecular flexibility index (Phi) is 5.39. The van der Waals surface area contributed by atoms with Crippen LogP contribution in [0.2, 0.25) is 0 Å². The number of methoxy groups -OCH3 is 1. The van der Waals surface area contributed by atoms with Gasteiger partial charge in [-0.25, -0.2) is 0 Å². The van der Waals surface area contributed by atoms with Crippen LogP contribution in [0.1, 0.15) is 32.8 Å². The molecule has 7 heteroatoms. The van der Waals surface area contributed by atoms with Crippen molar-refractivity contribution in [1.82, 2.24) is 0 Å². The van der Waals surface area contributed by atoms with E-state index in [0.717, 1.165) is 11.3 Å². The van der Waals surface area contributed by atoms with Crippen LogP contribution in [-0.4, -0.2) is 52.1 Å². The van der Waals surface area contributed by atoms with Crippen LogP contribution >= 0.6 is 0 Å². The van der Waals surface area contributed by atoms with Crippen LogP contribution in [-0.2, 0) is 23.3 Å². The Bertz CT molecular complexity index is 958. The number of ether oxygens (including phenoxy) is 3. The third-order valence-corrected chi connectivity index (χ3v) is 8.20. The molecule has 0 saturated carbocycles. The van der Waals surface area contributed by atoms with Gasteiger partial charge in [-0.1, -0.05) is 0 Å². The first-order valence-corrected chi connectivity index (χ1v) is 11.6. The summed E-state index contributed by atoms with van der Waals surface area (Å²) in [6, 6.07) is 17.9. The molecular weight excluding hydrogens is 449 g/mol. The summed E-state index contributed by atoms with van der Waals surface area (Å²) in [5, 5.41) is 0. The van der Waals surface area contributed by atoms with Gasteiger partial charge in [-0.05, 0) is 0 Å². The number of rotatable bonds is 3. The monoisotopic (exact) mass is 475 g/mol. The number of hydrogen-bond acceptors (Lipinski definition) is 5. The van der Waals surface area contributed by atoms with Crippen molar-refractivity contribution in [1.29, 1.82) is 0 Å². The van der Waals surface area contributed by atoms with Gasteiger partial charge in [0.05, 0.1) is 0 Å². The van der Waals surface area contributed by atoms with Crippen LogP contribution in [0.5, 0.6) is 0 Å². The Morgan fingerprint density at radius 2 is 1.77 bits per heavy atom. The zero-order valence-corrected chi connectivity index (χ0v) is 19.2. The van der Waals surface area contributed by atoms with Crippen LogP contribution in [0, 0.1) is 0 Å². The molecule has 0 radical (unpaired) electrons. The number of benzene rings is 2.